The minimum absolute atomic E-state index is 0.225. The molecule has 3 aliphatic rings. The molecule has 0 radical (unpaired) electrons. The molecule has 3 fully saturated rings. The van der Waals surface area contributed by atoms with Gasteiger partial charge in [0.05, 0.1) is 32.0 Å². The Kier molecular flexibility index (Phi) is 11.4. The zero-order valence-corrected chi connectivity index (χ0v) is 20.7. The van der Waals surface area contributed by atoms with E-state index in [-0.39, 0.29) is 13.2 Å². The van der Waals surface area contributed by atoms with Crippen LogP contribution in [-0.2, 0) is 28.4 Å². The van der Waals surface area contributed by atoms with Gasteiger partial charge in [-0.15, -0.1) is 0 Å². The van der Waals surface area contributed by atoms with Crippen LogP contribution in [0, 0.1) is 5.92 Å². The van der Waals surface area contributed by atoms with Crippen LogP contribution >= 0.6 is 0 Å². The molecule has 0 aromatic heterocycles. The number of hydrogen-bond donors (Lipinski definition) is 9. The summed E-state index contributed by atoms with van der Waals surface area (Å²) in [6.45, 7) is 2.15. The number of aliphatic hydroxyl groups is 9. The van der Waals surface area contributed by atoms with Gasteiger partial charge in [0.25, 0.3) is 0 Å². The first-order valence-electron chi connectivity index (χ1n) is 12.4. The van der Waals surface area contributed by atoms with E-state index in [4.69, 9.17) is 28.4 Å². The van der Waals surface area contributed by atoms with Crippen LogP contribution in [0.1, 0.15) is 20.3 Å². The molecule has 0 saturated carbocycles. The summed E-state index contributed by atoms with van der Waals surface area (Å²) < 4.78 is 33.7. The van der Waals surface area contributed by atoms with Gasteiger partial charge in [0, 0.05) is 12.5 Å². The number of rotatable bonds is 10. The van der Waals surface area contributed by atoms with Crippen LogP contribution in [0.2, 0.25) is 0 Å². The van der Waals surface area contributed by atoms with E-state index in [2.05, 4.69) is 0 Å². The van der Waals surface area contributed by atoms with Crippen LogP contribution in [0.4, 0.5) is 0 Å². The van der Waals surface area contributed by atoms with E-state index in [0.717, 1.165) is 0 Å². The summed E-state index contributed by atoms with van der Waals surface area (Å²) in [4.78, 5) is 0. The van der Waals surface area contributed by atoms with E-state index in [9.17, 15) is 46.0 Å². The Morgan fingerprint density at radius 3 is 1.62 bits per heavy atom. The molecule has 0 aromatic rings. The first kappa shape index (κ1) is 30.9. The minimum atomic E-state index is -1.70. The summed E-state index contributed by atoms with van der Waals surface area (Å²) in [5.41, 5.74) is 0. The molecule has 218 valence electrons. The average Bonchev–Trinajstić information content (AvgIpc) is 2.89. The Bertz CT molecular complexity index is 682. The van der Waals surface area contributed by atoms with E-state index in [1.54, 1.807) is 6.92 Å². The van der Waals surface area contributed by atoms with E-state index >= 15 is 0 Å². The first-order chi connectivity index (χ1) is 17.5. The second-order valence-electron chi connectivity index (χ2n) is 9.59. The van der Waals surface area contributed by atoms with Crippen LogP contribution in [0.5, 0.6) is 0 Å². The molecule has 3 heterocycles. The van der Waals surface area contributed by atoms with E-state index in [0.29, 0.717) is 6.42 Å². The highest BCUT2D eigenvalue weighted by Crippen LogP contribution is 2.33. The highest BCUT2D eigenvalue weighted by atomic mass is 16.7. The molecule has 0 bridgehead atoms. The summed E-state index contributed by atoms with van der Waals surface area (Å²) in [5, 5.41) is 90.4. The lowest BCUT2D eigenvalue weighted by Gasteiger charge is -2.47. The standard InChI is InChI=1S/C22H40O15/c1-3-4-32-21-18(31)19(37-22-17(30)15(28)13(26)10(6-24)35-22)8(2)11(36-21)7-33-20-16(29)14(27)12(25)9(5-23)34-20/h8-31H,3-7H2,1-2H3/t8-,9-,10-,11-,12-,13-,14+,15+,16+,17+,18+,19+,20+,21+,22-/m1/s1. The molecule has 15 nitrogen and oxygen atoms in total. The van der Waals surface area contributed by atoms with Crippen molar-refractivity contribution in [3.8, 4) is 0 Å². The summed E-state index contributed by atoms with van der Waals surface area (Å²) in [5.74, 6) is -0.672. The lowest BCUT2D eigenvalue weighted by atomic mass is 9.90. The topological polar surface area (TPSA) is 237 Å². The zero-order chi connectivity index (χ0) is 27.4. The highest BCUT2D eigenvalue weighted by molar-refractivity contribution is 4.94. The van der Waals surface area contributed by atoms with Gasteiger partial charge in [-0.3, -0.25) is 0 Å². The third-order valence-corrected chi connectivity index (χ3v) is 6.93. The van der Waals surface area contributed by atoms with Crippen molar-refractivity contribution in [2.24, 2.45) is 5.92 Å². The summed E-state index contributed by atoms with van der Waals surface area (Å²) in [6.07, 6.45) is -19.0. The smallest absolute Gasteiger partial charge is 0.187 e. The normalized spacial score (nSPS) is 49.2. The number of ether oxygens (including phenoxy) is 6. The van der Waals surface area contributed by atoms with Crippen LogP contribution in [0.25, 0.3) is 0 Å². The quantitative estimate of drug-likeness (QED) is 0.125. The van der Waals surface area contributed by atoms with Gasteiger partial charge < -0.3 is 74.4 Å². The van der Waals surface area contributed by atoms with Gasteiger partial charge in [-0.25, -0.2) is 0 Å². The minimum Gasteiger partial charge on any atom is -0.394 e. The molecule has 3 rings (SSSR count). The predicted octanol–water partition coefficient (Wildman–Crippen LogP) is -4.86. The van der Waals surface area contributed by atoms with Crippen LogP contribution in [0.15, 0.2) is 0 Å². The maximum atomic E-state index is 10.9. The third kappa shape index (κ3) is 6.77. The summed E-state index contributed by atoms with van der Waals surface area (Å²) in [7, 11) is 0. The largest absolute Gasteiger partial charge is 0.394 e. The number of hydrogen-bond acceptors (Lipinski definition) is 15. The second-order valence-corrected chi connectivity index (χ2v) is 9.59. The molecule has 0 unspecified atom stereocenters. The lowest BCUT2D eigenvalue weighted by molar-refractivity contribution is -0.359. The highest BCUT2D eigenvalue weighted by Gasteiger charge is 2.51. The lowest BCUT2D eigenvalue weighted by Crippen LogP contribution is -2.63. The predicted molar refractivity (Wildman–Crippen MR) is 118 cm³/mol. The van der Waals surface area contributed by atoms with Gasteiger partial charge in [-0.05, 0) is 6.42 Å². The molecule has 3 aliphatic heterocycles. The van der Waals surface area contributed by atoms with Gasteiger partial charge in [-0.1, -0.05) is 13.8 Å². The number of aliphatic hydroxyl groups excluding tert-OH is 9. The Hall–Kier alpha value is -0.600. The maximum Gasteiger partial charge on any atom is 0.187 e. The van der Waals surface area contributed by atoms with Crippen molar-refractivity contribution in [3.63, 3.8) is 0 Å². The van der Waals surface area contributed by atoms with Crippen molar-refractivity contribution in [2.45, 2.75) is 106 Å². The fraction of sp³-hybridized carbons (Fsp3) is 1.00. The summed E-state index contributed by atoms with van der Waals surface area (Å²) in [6, 6.07) is 0. The SMILES string of the molecule is CCCO[C@H]1O[C@H](CO[C@H]2O[C@H](CO)[C@@H](O)[C@H](O)[C@@H]2O)[C@@H](C)[C@H](O[C@H]2O[C@H](CO)[C@@H](O)[C@H](O)[C@@H]2O)[C@@H]1O. The van der Waals surface area contributed by atoms with Crippen LogP contribution in [0.3, 0.4) is 0 Å². The molecular weight excluding hydrogens is 504 g/mol. The monoisotopic (exact) mass is 544 g/mol. The first-order valence-corrected chi connectivity index (χ1v) is 12.4. The molecule has 0 aliphatic carbocycles. The fourth-order valence-electron chi connectivity index (χ4n) is 4.55. The molecule has 0 amide bonds. The van der Waals surface area contributed by atoms with Crippen molar-refractivity contribution in [2.75, 3.05) is 26.4 Å². The summed E-state index contributed by atoms with van der Waals surface area (Å²) >= 11 is 0. The molecule has 15 atom stereocenters. The van der Waals surface area contributed by atoms with E-state index in [1.165, 1.54) is 0 Å². The fourth-order valence-corrected chi connectivity index (χ4v) is 4.55. The molecule has 3 saturated heterocycles. The third-order valence-electron chi connectivity index (χ3n) is 6.93. The van der Waals surface area contributed by atoms with E-state index in [1.807, 2.05) is 6.92 Å². The Morgan fingerprint density at radius 1 is 0.595 bits per heavy atom. The van der Waals surface area contributed by atoms with Gasteiger partial charge in [-0.2, -0.15) is 0 Å². The molecule has 0 spiro atoms. The molecular formula is C22H40O15. The Labute approximate surface area is 213 Å². The van der Waals surface area contributed by atoms with Crippen LogP contribution in [-0.4, -0.2) is 158 Å². The van der Waals surface area contributed by atoms with Crippen LogP contribution < -0.4 is 0 Å². The average molecular weight is 545 g/mol. The zero-order valence-electron chi connectivity index (χ0n) is 20.7. The Morgan fingerprint density at radius 2 is 1.08 bits per heavy atom. The van der Waals surface area contributed by atoms with E-state index < -0.39 is 105 Å². The van der Waals surface area contributed by atoms with Gasteiger partial charge in [0.15, 0.2) is 18.9 Å². The van der Waals surface area contributed by atoms with Crippen molar-refractivity contribution in [1.82, 2.24) is 0 Å². The second kappa shape index (κ2) is 13.6. The van der Waals surface area contributed by atoms with Gasteiger partial charge in [0.2, 0.25) is 0 Å². The molecule has 37 heavy (non-hydrogen) atoms. The molecule has 15 heteroatoms. The molecule has 9 N–H and O–H groups in total. The maximum absolute atomic E-state index is 10.9. The van der Waals surface area contributed by atoms with Gasteiger partial charge in [0.1, 0.15) is 54.9 Å². The molecule has 0 aromatic carbocycles. The van der Waals surface area contributed by atoms with Gasteiger partial charge >= 0.3 is 0 Å². The van der Waals surface area contributed by atoms with Crippen molar-refractivity contribution in [3.05, 3.63) is 0 Å². The van der Waals surface area contributed by atoms with Crippen molar-refractivity contribution >= 4 is 0 Å². The van der Waals surface area contributed by atoms with Crippen molar-refractivity contribution < 1.29 is 74.4 Å². The van der Waals surface area contributed by atoms with Crippen molar-refractivity contribution in [1.29, 1.82) is 0 Å². The Balaban J connectivity index is 1.73.